The number of aryl methyl sites for hydroxylation is 2. The Balaban J connectivity index is 2.83. The fourth-order valence-electron chi connectivity index (χ4n) is 1.51. The Bertz CT molecular complexity index is 535. The zero-order chi connectivity index (χ0) is 14.6. The highest BCUT2D eigenvalue weighted by Crippen LogP contribution is 2.20. The number of halogens is 1. The number of esters is 1. The van der Waals surface area contributed by atoms with E-state index in [9.17, 15) is 9.59 Å². The molecule has 0 aliphatic rings. The van der Waals surface area contributed by atoms with E-state index >= 15 is 0 Å². The maximum atomic E-state index is 12.1. The maximum Gasteiger partial charge on any atom is 0.332 e. The topological polar surface area (TPSA) is 73.2 Å². The molecule has 0 aliphatic heterocycles. The van der Waals surface area contributed by atoms with Crippen LogP contribution < -0.4 is 5.32 Å². The zero-order valence-corrected chi connectivity index (χ0v) is 12.9. The van der Waals surface area contributed by atoms with E-state index in [-0.39, 0.29) is 5.91 Å². The second-order valence-corrected chi connectivity index (χ2v) is 4.70. The van der Waals surface area contributed by atoms with Crippen LogP contribution in [0.15, 0.2) is 16.2 Å². The van der Waals surface area contributed by atoms with Gasteiger partial charge in [0.25, 0.3) is 5.91 Å². The number of nitrogens with zero attached hydrogens (tertiary/aromatic N) is 2. The van der Waals surface area contributed by atoms with Gasteiger partial charge in [-0.25, -0.2) is 4.79 Å². The van der Waals surface area contributed by atoms with Gasteiger partial charge in [-0.15, -0.1) is 0 Å². The molecule has 0 aliphatic carbocycles. The Morgan fingerprint density at radius 3 is 2.63 bits per heavy atom. The third-order valence-corrected chi connectivity index (χ3v) is 3.25. The molecule has 104 valence electrons. The highest BCUT2D eigenvalue weighted by molar-refractivity contribution is 9.10. The van der Waals surface area contributed by atoms with E-state index in [1.807, 2.05) is 0 Å². The van der Waals surface area contributed by atoms with Gasteiger partial charge in [0.2, 0.25) is 0 Å². The minimum Gasteiger partial charge on any atom is -0.463 e. The summed E-state index contributed by atoms with van der Waals surface area (Å²) in [7, 11) is 1.68. The predicted octanol–water partition coefficient (Wildman–Crippen LogP) is 1.69. The van der Waals surface area contributed by atoms with Crippen molar-refractivity contribution in [2.24, 2.45) is 7.05 Å². The van der Waals surface area contributed by atoms with Crippen LogP contribution in [0.2, 0.25) is 0 Å². The SMILES string of the molecule is CCOC(=O)/C=C(\C)NC(=O)c1c(Br)c(C)nn1C. The predicted molar refractivity (Wildman–Crippen MR) is 73.5 cm³/mol. The molecule has 1 amide bonds. The van der Waals surface area contributed by atoms with Crippen molar-refractivity contribution in [3.8, 4) is 0 Å². The van der Waals surface area contributed by atoms with E-state index in [0.29, 0.717) is 22.5 Å². The standard InChI is InChI=1S/C12H16BrN3O3/c1-5-19-9(17)6-7(2)14-12(18)11-10(13)8(3)15-16(11)4/h6H,5H2,1-4H3,(H,14,18)/b7-6+. The van der Waals surface area contributed by atoms with Gasteiger partial charge in [0.15, 0.2) is 0 Å². The average molecular weight is 330 g/mol. The minimum atomic E-state index is -0.486. The van der Waals surface area contributed by atoms with Crippen LogP contribution in [0.3, 0.4) is 0 Å². The van der Waals surface area contributed by atoms with Crippen LogP contribution in [0.4, 0.5) is 0 Å². The largest absolute Gasteiger partial charge is 0.463 e. The Hall–Kier alpha value is -1.63. The smallest absolute Gasteiger partial charge is 0.332 e. The molecule has 0 spiro atoms. The third kappa shape index (κ3) is 3.92. The Kier molecular flexibility index (Phi) is 5.29. The van der Waals surface area contributed by atoms with Gasteiger partial charge in [0.05, 0.1) is 16.8 Å². The van der Waals surface area contributed by atoms with E-state index < -0.39 is 5.97 Å². The van der Waals surface area contributed by atoms with Crippen LogP contribution in [-0.2, 0) is 16.6 Å². The summed E-state index contributed by atoms with van der Waals surface area (Å²) < 4.78 is 6.87. The molecule has 0 saturated heterocycles. The second-order valence-electron chi connectivity index (χ2n) is 3.91. The van der Waals surface area contributed by atoms with Crippen molar-refractivity contribution in [3.05, 3.63) is 27.6 Å². The Morgan fingerprint density at radius 1 is 1.53 bits per heavy atom. The molecule has 0 aromatic carbocycles. The van der Waals surface area contributed by atoms with Gasteiger partial charge < -0.3 is 10.1 Å². The molecule has 1 aromatic rings. The van der Waals surface area contributed by atoms with Crippen LogP contribution in [-0.4, -0.2) is 28.3 Å². The molecule has 0 unspecified atom stereocenters. The first-order valence-corrected chi connectivity index (χ1v) is 6.51. The quantitative estimate of drug-likeness (QED) is 0.673. The van der Waals surface area contributed by atoms with Gasteiger partial charge in [-0.3, -0.25) is 9.48 Å². The van der Waals surface area contributed by atoms with E-state index in [2.05, 4.69) is 26.3 Å². The number of allylic oxidation sites excluding steroid dienone is 1. The molecular weight excluding hydrogens is 314 g/mol. The molecule has 0 atom stereocenters. The highest BCUT2D eigenvalue weighted by Gasteiger charge is 2.18. The van der Waals surface area contributed by atoms with Gasteiger partial charge in [-0.2, -0.15) is 5.10 Å². The Morgan fingerprint density at radius 2 is 2.16 bits per heavy atom. The lowest BCUT2D eigenvalue weighted by molar-refractivity contribution is -0.137. The third-order valence-electron chi connectivity index (χ3n) is 2.30. The van der Waals surface area contributed by atoms with Crippen molar-refractivity contribution in [3.63, 3.8) is 0 Å². The van der Waals surface area contributed by atoms with Gasteiger partial charge in [0, 0.05) is 18.8 Å². The minimum absolute atomic E-state index is 0.295. The summed E-state index contributed by atoms with van der Waals surface area (Å²) in [6.45, 7) is 5.42. The van der Waals surface area contributed by atoms with Crippen LogP contribution in [0.1, 0.15) is 30.0 Å². The molecule has 6 nitrogen and oxygen atoms in total. The average Bonchev–Trinajstić information content (AvgIpc) is 2.52. The van der Waals surface area contributed by atoms with Crippen molar-refractivity contribution in [2.75, 3.05) is 6.61 Å². The molecule has 1 heterocycles. The van der Waals surface area contributed by atoms with E-state index in [1.165, 1.54) is 10.8 Å². The molecule has 0 radical (unpaired) electrons. The molecule has 1 rings (SSSR count). The highest BCUT2D eigenvalue weighted by atomic mass is 79.9. The summed E-state index contributed by atoms with van der Waals surface area (Å²) in [5.41, 5.74) is 1.53. The number of ether oxygens (including phenoxy) is 1. The van der Waals surface area contributed by atoms with Crippen LogP contribution in [0, 0.1) is 6.92 Å². The molecule has 0 saturated carbocycles. The first kappa shape index (κ1) is 15.4. The van der Waals surface area contributed by atoms with E-state index in [4.69, 9.17) is 4.74 Å². The van der Waals surface area contributed by atoms with E-state index in [0.717, 1.165) is 5.69 Å². The van der Waals surface area contributed by atoms with Gasteiger partial charge in [-0.05, 0) is 36.7 Å². The molecule has 1 N–H and O–H groups in total. The van der Waals surface area contributed by atoms with Crippen LogP contribution in [0.25, 0.3) is 0 Å². The summed E-state index contributed by atoms with van der Waals surface area (Å²) >= 11 is 3.31. The molecule has 19 heavy (non-hydrogen) atoms. The van der Waals surface area contributed by atoms with Gasteiger partial charge in [-0.1, -0.05) is 0 Å². The number of amides is 1. The molecule has 0 fully saturated rings. The van der Waals surface area contributed by atoms with E-state index in [1.54, 1.807) is 27.8 Å². The van der Waals surface area contributed by atoms with Crippen molar-refractivity contribution in [1.82, 2.24) is 15.1 Å². The Labute approximate surface area is 119 Å². The number of carbonyl (C=O) groups is 2. The fraction of sp³-hybridized carbons (Fsp3) is 0.417. The molecule has 7 heteroatoms. The number of hydrogen-bond donors (Lipinski definition) is 1. The maximum absolute atomic E-state index is 12.1. The number of hydrogen-bond acceptors (Lipinski definition) is 4. The lowest BCUT2D eigenvalue weighted by Crippen LogP contribution is -2.25. The molecule has 0 bridgehead atoms. The first-order chi connectivity index (χ1) is 8.86. The van der Waals surface area contributed by atoms with Gasteiger partial charge >= 0.3 is 5.97 Å². The number of aromatic nitrogens is 2. The summed E-state index contributed by atoms with van der Waals surface area (Å²) in [5, 5.41) is 6.74. The van der Waals surface area contributed by atoms with Crippen molar-refractivity contribution >= 4 is 27.8 Å². The second kappa shape index (κ2) is 6.51. The molecule has 1 aromatic heterocycles. The van der Waals surface area contributed by atoms with Crippen LogP contribution >= 0.6 is 15.9 Å². The summed E-state index contributed by atoms with van der Waals surface area (Å²) in [4.78, 5) is 23.3. The lowest BCUT2D eigenvalue weighted by Gasteiger charge is -2.06. The summed E-state index contributed by atoms with van der Waals surface area (Å²) in [5.74, 6) is -0.825. The summed E-state index contributed by atoms with van der Waals surface area (Å²) in [6.07, 6.45) is 1.23. The monoisotopic (exact) mass is 329 g/mol. The van der Waals surface area contributed by atoms with Crippen molar-refractivity contribution < 1.29 is 14.3 Å². The zero-order valence-electron chi connectivity index (χ0n) is 11.3. The summed E-state index contributed by atoms with van der Waals surface area (Å²) in [6, 6.07) is 0. The first-order valence-electron chi connectivity index (χ1n) is 5.72. The van der Waals surface area contributed by atoms with Crippen molar-refractivity contribution in [2.45, 2.75) is 20.8 Å². The fourth-order valence-corrected chi connectivity index (χ4v) is 2.03. The normalized spacial score (nSPS) is 11.3. The lowest BCUT2D eigenvalue weighted by atomic mass is 10.3. The number of nitrogens with one attached hydrogen (secondary N) is 1. The number of rotatable bonds is 4. The molecular formula is C12H16BrN3O3. The van der Waals surface area contributed by atoms with Gasteiger partial charge in [0.1, 0.15) is 5.69 Å². The van der Waals surface area contributed by atoms with Crippen LogP contribution in [0.5, 0.6) is 0 Å². The van der Waals surface area contributed by atoms with Crippen molar-refractivity contribution in [1.29, 1.82) is 0 Å². The number of carbonyl (C=O) groups excluding carboxylic acids is 2.